The molecule has 0 saturated carbocycles. The first-order valence-electron chi connectivity index (χ1n) is 5.98. The van der Waals surface area contributed by atoms with Gasteiger partial charge in [-0.05, 0) is 49.3 Å². The number of rotatable bonds is 5. The third-order valence-electron chi connectivity index (χ3n) is 2.37. The van der Waals surface area contributed by atoms with Gasteiger partial charge in [-0.15, -0.1) is 0 Å². The summed E-state index contributed by atoms with van der Waals surface area (Å²) in [6.45, 7) is 6.31. The van der Waals surface area contributed by atoms with Gasteiger partial charge in [0, 0.05) is 23.8 Å². The molecule has 17 heavy (non-hydrogen) atoms. The quantitative estimate of drug-likeness (QED) is 0.809. The van der Waals surface area contributed by atoms with E-state index < -0.39 is 0 Å². The molecule has 0 aliphatic heterocycles. The molecular weight excluding hydrogens is 252 g/mol. The van der Waals surface area contributed by atoms with E-state index in [1.165, 1.54) is 0 Å². The predicted molar refractivity (Wildman–Crippen MR) is 79.8 cm³/mol. The average Bonchev–Trinajstić information content (AvgIpc) is 2.32. The molecule has 0 saturated heterocycles. The van der Waals surface area contributed by atoms with Crippen LogP contribution in [0.5, 0.6) is 0 Å². The SMILES string of the molecule is CCCN(CCC)C(=S)Nc1ccc(Cl)cc1. The molecule has 0 aliphatic rings. The second-order valence-electron chi connectivity index (χ2n) is 3.92. The highest BCUT2D eigenvalue weighted by molar-refractivity contribution is 7.80. The zero-order valence-electron chi connectivity index (χ0n) is 10.4. The van der Waals surface area contributed by atoms with Gasteiger partial charge in [-0.1, -0.05) is 25.4 Å². The van der Waals surface area contributed by atoms with Gasteiger partial charge in [0.2, 0.25) is 0 Å². The van der Waals surface area contributed by atoms with Crippen LogP contribution in [0, 0.1) is 0 Å². The second kappa shape index (κ2) is 7.51. The fraction of sp³-hybridized carbons (Fsp3) is 0.462. The third-order valence-corrected chi connectivity index (χ3v) is 2.98. The van der Waals surface area contributed by atoms with Crippen molar-refractivity contribution < 1.29 is 0 Å². The molecular formula is C13H19ClN2S. The van der Waals surface area contributed by atoms with E-state index in [0.29, 0.717) is 0 Å². The standard InChI is InChI=1S/C13H19ClN2S/c1-3-9-16(10-4-2)13(17)15-12-7-5-11(14)6-8-12/h5-8H,3-4,9-10H2,1-2H3,(H,15,17). The smallest absolute Gasteiger partial charge is 0.173 e. The van der Waals surface area contributed by atoms with Gasteiger partial charge in [-0.2, -0.15) is 0 Å². The topological polar surface area (TPSA) is 15.3 Å². The Bertz CT molecular complexity index is 345. The van der Waals surface area contributed by atoms with Crippen LogP contribution >= 0.6 is 23.8 Å². The van der Waals surface area contributed by atoms with Crippen LogP contribution in [0.4, 0.5) is 5.69 Å². The van der Waals surface area contributed by atoms with E-state index in [1.807, 2.05) is 24.3 Å². The summed E-state index contributed by atoms with van der Waals surface area (Å²) < 4.78 is 0. The van der Waals surface area contributed by atoms with E-state index in [0.717, 1.165) is 41.8 Å². The van der Waals surface area contributed by atoms with Crippen LogP contribution in [-0.2, 0) is 0 Å². The lowest BCUT2D eigenvalue weighted by Gasteiger charge is -2.24. The van der Waals surface area contributed by atoms with E-state index in [4.69, 9.17) is 23.8 Å². The van der Waals surface area contributed by atoms with Crippen LogP contribution in [0.25, 0.3) is 0 Å². The molecule has 0 unspecified atom stereocenters. The zero-order chi connectivity index (χ0) is 12.7. The van der Waals surface area contributed by atoms with Gasteiger partial charge in [0.15, 0.2) is 5.11 Å². The van der Waals surface area contributed by atoms with Crippen molar-refractivity contribution in [3.05, 3.63) is 29.3 Å². The highest BCUT2D eigenvalue weighted by Gasteiger charge is 2.07. The maximum atomic E-state index is 5.84. The minimum atomic E-state index is 0.737. The lowest BCUT2D eigenvalue weighted by Crippen LogP contribution is -2.35. The number of hydrogen-bond acceptors (Lipinski definition) is 1. The molecule has 0 fully saturated rings. The molecule has 0 bridgehead atoms. The molecule has 1 rings (SSSR count). The number of thiocarbonyl (C=S) groups is 1. The summed E-state index contributed by atoms with van der Waals surface area (Å²) in [5, 5.41) is 4.76. The van der Waals surface area contributed by atoms with Crippen molar-refractivity contribution in [1.82, 2.24) is 4.90 Å². The number of anilines is 1. The molecule has 0 spiro atoms. The predicted octanol–water partition coefficient (Wildman–Crippen LogP) is 4.16. The molecule has 1 aromatic rings. The van der Waals surface area contributed by atoms with Gasteiger partial charge >= 0.3 is 0 Å². The summed E-state index contributed by atoms with van der Waals surface area (Å²) in [6, 6.07) is 7.59. The van der Waals surface area contributed by atoms with Crippen molar-refractivity contribution in [2.45, 2.75) is 26.7 Å². The molecule has 0 amide bonds. The van der Waals surface area contributed by atoms with Gasteiger partial charge < -0.3 is 10.2 Å². The minimum absolute atomic E-state index is 0.737. The summed E-state index contributed by atoms with van der Waals surface area (Å²) in [4.78, 5) is 2.20. The first-order valence-corrected chi connectivity index (χ1v) is 6.77. The average molecular weight is 271 g/mol. The van der Waals surface area contributed by atoms with E-state index in [1.54, 1.807) is 0 Å². The van der Waals surface area contributed by atoms with E-state index >= 15 is 0 Å². The number of nitrogens with zero attached hydrogens (tertiary/aromatic N) is 1. The summed E-state index contributed by atoms with van der Waals surface area (Å²) in [5.74, 6) is 0. The van der Waals surface area contributed by atoms with Gasteiger partial charge in [0.25, 0.3) is 0 Å². The number of hydrogen-bond donors (Lipinski definition) is 1. The van der Waals surface area contributed by atoms with Crippen molar-refractivity contribution in [2.75, 3.05) is 18.4 Å². The summed E-state index contributed by atoms with van der Waals surface area (Å²) in [6.07, 6.45) is 2.20. The van der Waals surface area contributed by atoms with E-state index in [9.17, 15) is 0 Å². The lowest BCUT2D eigenvalue weighted by atomic mass is 10.3. The van der Waals surface area contributed by atoms with Crippen molar-refractivity contribution in [3.63, 3.8) is 0 Å². The van der Waals surface area contributed by atoms with Crippen molar-refractivity contribution in [2.24, 2.45) is 0 Å². The largest absolute Gasteiger partial charge is 0.349 e. The van der Waals surface area contributed by atoms with Crippen LogP contribution in [0.2, 0.25) is 5.02 Å². The first-order chi connectivity index (χ1) is 8.17. The van der Waals surface area contributed by atoms with Gasteiger partial charge in [-0.25, -0.2) is 0 Å². The lowest BCUT2D eigenvalue weighted by molar-refractivity contribution is 0.423. The highest BCUT2D eigenvalue weighted by atomic mass is 35.5. The Morgan fingerprint density at radius 1 is 1.18 bits per heavy atom. The van der Waals surface area contributed by atoms with E-state index in [-0.39, 0.29) is 0 Å². The van der Waals surface area contributed by atoms with Gasteiger partial charge in [0.1, 0.15) is 0 Å². The first kappa shape index (κ1) is 14.3. The fourth-order valence-electron chi connectivity index (χ4n) is 1.59. The number of nitrogens with one attached hydrogen (secondary N) is 1. The van der Waals surface area contributed by atoms with Crippen LogP contribution in [0.15, 0.2) is 24.3 Å². The molecule has 0 atom stereocenters. The Kier molecular flexibility index (Phi) is 6.30. The molecule has 1 aromatic carbocycles. The molecule has 94 valence electrons. The number of benzene rings is 1. The summed E-state index contributed by atoms with van der Waals surface area (Å²) >= 11 is 11.2. The normalized spacial score (nSPS) is 10.1. The Labute approximate surface area is 114 Å². The molecule has 0 radical (unpaired) electrons. The van der Waals surface area contributed by atoms with Crippen LogP contribution < -0.4 is 5.32 Å². The monoisotopic (exact) mass is 270 g/mol. The Morgan fingerprint density at radius 2 is 1.71 bits per heavy atom. The Morgan fingerprint density at radius 3 is 2.18 bits per heavy atom. The molecule has 0 aromatic heterocycles. The summed E-state index contributed by atoms with van der Waals surface area (Å²) in [5.41, 5.74) is 0.983. The van der Waals surface area contributed by atoms with Gasteiger partial charge in [0.05, 0.1) is 0 Å². The fourth-order valence-corrected chi connectivity index (χ4v) is 2.02. The second-order valence-corrected chi connectivity index (χ2v) is 4.75. The van der Waals surface area contributed by atoms with Crippen LogP contribution in [0.3, 0.4) is 0 Å². The van der Waals surface area contributed by atoms with Gasteiger partial charge in [-0.3, -0.25) is 0 Å². The molecule has 0 aliphatic carbocycles. The maximum absolute atomic E-state index is 5.84. The van der Waals surface area contributed by atoms with E-state index in [2.05, 4.69) is 24.1 Å². The van der Waals surface area contributed by atoms with Crippen LogP contribution in [-0.4, -0.2) is 23.1 Å². The van der Waals surface area contributed by atoms with Crippen molar-refractivity contribution in [1.29, 1.82) is 0 Å². The number of halogens is 1. The van der Waals surface area contributed by atoms with Crippen LogP contribution in [0.1, 0.15) is 26.7 Å². The minimum Gasteiger partial charge on any atom is -0.349 e. The highest BCUT2D eigenvalue weighted by Crippen LogP contribution is 2.14. The molecule has 1 N–H and O–H groups in total. The zero-order valence-corrected chi connectivity index (χ0v) is 11.9. The molecule has 4 heteroatoms. The summed E-state index contributed by atoms with van der Waals surface area (Å²) in [7, 11) is 0. The Balaban J connectivity index is 2.59. The molecule has 0 heterocycles. The Hall–Kier alpha value is -0.800. The van der Waals surface area contributed by atoms with Crippen molar-refractivity contribution >= 4 is 34.6 Å². The third kappa shape index (κ3) is 4.92. The van der Waals surface area contributed by atoms with Crippen molar-refractivity contribution in [3.8, 4) is 0 Å². The maximum Gasteiger partial charge on any atom is 0.173 e. The molecule has 2 nitrogen and oxygen atoms in total.